The van der Waals surface area contributed by atoms with Crippen LogP contribution in [-0.4, -0.2) is 4.98 Å². The van der Waals surface area contributed by atoms with Crippen LogP contribution in [-0.2, 0) is 0 Å². The summed E-state index contributed by atoms with van der Waals surface area (Å²) in [4.78, 5) is 2.47. The number of hydrogen-bond donors (Lipinski definition) is 2. The van der Waals surface area contributed by atoms with Crippen molar-refractivity contribution in [3.8, 4) is 30.3 Å². The lowest BCUT2D eigenvalue weighted by Gasteiger charge is -2.02. The van der Waals surface area contributed by atoms with E-state index in [2.05, 4.69) is 47.8 Å². The minimum absolute atomic E-state index is 0.0906. The third kappa shape index (κ3) is 6.15. The number of allylic oxidation sites excluding steroid dienone is 3. The van der Waals surface area contributed by atoms with Gasteiger partial charge in [0, 0.05) is 0 Å². The molecule has 0 saturated heterocycles. The monoisotopic (exact) mass is 426 g/mol. The van der Waals surface area contributed by atoms with Gasteiger partial charge in [-0.25, -0.2) is 0 Å². The fourth-order valence-corrected chi connectivity index (χ4v) is 2.71. The molecule has 0 spiro atoms. The zero-order valence-electron chi connectivity index (χ0n) is 17.3. The SMILES string of the molecule is C(=Cc1ccccc1)[CH-]c1ccccc1.N#CC(C#N)=C(C#N)c1[nH]c(N)c(C#N)c1C#N. The first-order valence-corrected chi connectivity index (χ1v) is 9.47. The van der Waals surface area contributed by atoms with Crippen LogP contribution in [0, 0.1) is 63.1 Å². The van der Waals surface area contributed by atoms with Crippen molar-refractivity contribution in [2.45, 2.75) is 0 Å². The van der Waals surface area contributed by atoms with Crippen LogP contribution in [0.15, 0.2) is 72.3 Å². The predicted octanol–water partition coefficient (Wildman–Crippen LogP) is 4.62. The molecule has 0 aliphatic carbocycles. The van der Waals surface area contributed by atoms with E-state index < -0.39 is 5.57 Å². The number of nitrogens with two attached hydrogens (primary N) is 1. The number of benzene rings is 2. The average Bonchev–Trinajstić information content (AvgIpc) is 3.18. The van der Waals surface area contributed by atoms with E-state index in [1.807, 2.05) is 36.4 Å². The first-order chi connectivity index (χ1) is 16.1. The van der Waals surface area contributed by atoms with E-state index in [-0.39, 0.29) is 28.2 Å². The van der Waals surface area contributed by atoms with Gasteiger partial charge in [0.2, 0.25) is 0 Å². The molecule has 0 aliphatic rings. The minimum atomic E-state index is -0.459. The summed E-state index contributed by atoms with van der Waals surface area (Å²) in [7, 11) is 0. The van der Waals surface area contributed by atoms with Crippen molar-refractivity contribution in [2.24, 2.45) is 0 Å². The lowest BCUT2D eigenvalue weighted by atomic mass is 10.0. The molecule has 3 N–H and O–H groups in total. The lowest BCUT2D eigenvalue weighted by molar-refractivity contribution is 1.33. The third-order valence-corrected chi connectivity index (χ3v) is 4.26. The molecule has 2 aromatic carbocycles. The molecule has 0 amide bonds. The average molecular weight is 426 g/mol. The Balaban J connectivity index is 0.000000237. The summed E-state index contributed by atoms with van der Waals surface area (Å²) in [5.74, 6) is -0.0907. The molecule has 0 aliphatic heterocycles. The van der Waals surface area contributed by atoms with E-state index in [0.29, 0.717) is 0 Å². The lowest BCUT2D eigenvalue weighted by Crippen LogP contribution is -1.91. The molecule has 0 fully saturated rings. The van der Waals surface area contributed by atoms with Crippen LogP contribution in [0.5, 0.6) is 0 Å². The molecule has 156 valence electrons. The van der Waals surface area contributed by atoms with Crippen LogP contribution in [0.2, 0.25) is 0 Å². The van der Waals surface area contributed by atoms with Crippen molar-refractivity contribution in [3.05, 3.63) is 107 Å². The Labute approximate surface area is 191 Å². The molecule has 0 radical (unpaired) electrons. The number of nitrogen functional groups attached to an aromatic ring is 1. The second-order valence-electron chi connectivity index (χ2n) is 6.32. The normalized spacial score (nSPS) is 9.06. The molecule has 7 nitrogen and oxygen atoms in total. The van der Waals surface area contributed by atoms with Crippen LogP contribution in [0.25, 0.3) is 11.6 Å². The van der Waals surface area contributed by atoms with Gasteiger partial charge >= 0.3 is 0 Å². The van der Waals surface area contributed by atoms with Crippen LogP contribution >= 0.6 is 0 Å². The molecule has 7 heteroatoms. The number of nitriles is 5. The molecule has 1 heterocycles. The minimum Gasteiger partial charge on any atom is -0.384 e. The first-order valence-electron chi connectivity index (χ1n) is 9.47. The second-order valence-corrected chi connectivity index (χ2v) is 6.32. The number of nitrogens with one attached hydrogen (secondary N) is 1. The highest BCUT2D eigenvalue weighted by Gasteiger charge is 2.21. The standard InChI is InChI=1S/C15H13.C11H3N7/c1-3-8-14(9-4-1)12-7-13-15-10-5-2-6-11-15;12-1-6(2-13)7(3-14)10-8(4-15)9(5-16)11(17)18-10/h1-13H;18H,17H2/q-1;. The van der Waals surface area contributed by atoms with Gasteiger partial charge in [-0.2, -0.15) is 26.3 Å². The maximum atomic E-state index is 8.94. The Morgan fingerprint density at radius 2 is 1.36 bits per heavy atom. The third-order valence-electron chi connectivity index (χ3n) is 4.26. The molecule has 1 aromatic heterocycles. The molecule has 3 aromatic rings. The van der Waals surface area contributed by atoms with Crippen LogP contribution < -0.4 is 5.73 Å². The van der Waals surface area contributed by atoms with Gasteiger partial charge in [-0.05, 0) is 0 Å². The quantitative estimate of drug-likeness (QED) is 0.457. The van der Waals surface area contributed by atoms with Crippen molar-refractivity contribution < 1.29 is 0 Å². The van der Waals surface area contributed by atoms with E-state index >= 15 is 0 Å². The summed E-state index contributed by atoms with van der Waals surface area (Å²) >= 11 is 0. The topological polar surface area (TPSA) is 161 Å². The van der Waals surface area contributed by atoms with Gasteiger partial charge in [0.1, 0.15) is 52.9 Å². The van der Waals surface area contributed by atoms with Gasteiger partial charge in [0.05, 0.1) is 11.3 Å². The van der Waals surface area contributed by atoms with Gasteiger partial charge in [0.15, 0.2) is 0 Å². The molecule has 0 saturated carbocycles. The van der Waals surface area contributed by atoms with Crippen molar-refractivity contribution in [1.29, 1.82) is 26.3 Å². The van der Waals surface area contributed by atoms with Crippen molar-refractivity contribution >= 4 is 17.5 Å². The maximum absolute atomic E-state index is 8.94. The predicted molar refractivity (Wildman–Crippen MR) is 124 cm³/mol. The van der Waals surface area contributed by atoms with Gasteiger partial charge in [-0.1, -0.05) is 42.0 Å². The molecule has 0 bridgehead atoms. The first kappa shape index (κ1) is 23.6. The largest absolute Gasteiger partial charge is 0.384 e. The number of nitrogens with zero attached hydrogens (tertiary/aromatic N) is 5. The Hall–Kier alpha value is -5.68. The fourth-order valence-electron chi connectivity index (χ4n) is 2.71. The molecule has 0 atom stereocenters. The van der Waals surface area contributed by atoms with E-state index in [1.165, 1.54) is 11.1 Å². The smallest absolute Gasteiger partial charge is 0.149 e. The molecule has 33 heavy (non-hydrogen) atoms. The zero-order chi connectivity index (χ0) is 24.1. The molecular weight excluding hydrogens is 410 g/mol. The van der Waals surface area contributed by atoms with E-state index in [4.69, 9.17) is 32.0 Å². The maximum Gasteiger partial charge on any atom is 0.149 e. The highest BCUT2D eigenvalue weighted by Crippen LogP contribution is 2.27. The van der Waals surface area contributed by atoms with Gasteiger partial charge in [-0.15, -0.1) is 48.4 Å². The summed E-state index contributed by atoms with van der Waals surface area (Å²) in [6.45, 7) is 0. The Morgan fingerprint density at radius 3 is 1.88 bits per heavy atom. The molecule has 0 unspecified atom stereocenters. The van der Waals surface area contributed by atoms with E-state index in [9.17, 15) is 0 Å². The van der Waals surface area contributed by atoms with Crippen molar-refractivity contribution in [1.82, 2.24) is 4.98 Å². The number of aromatic nitrogens is 1. The Morgan fingerprint density at radius 1 is 0.788 bits per heavy atom. The van der Waals surface area contributed by atoms with Crippen LogP contribution in [0.1, 0.15) is 27.9 Å². The van der Waals surface area contributed by atoms with Crippen LogP contribution in [0.3, 0.4) is 0 Å². The number of anilines is 1. The van der Waals surface area contributed by atoms with Crippen molar-refractivity contribution in [3.63, 3.8) is 0 Å². The number of H-pyrrole nitrogens is 1. The molecular formula is C26H16N7-. The zero-order valence-corrected chi connectivity index (χ0v) is 17.3. The van der Waals surface area contributed by atoms with E-state index in [1.54, 1.807) is 30.3 Å². The van der Waals surface area contributed by atoms with Gasteiger partial charge in [0.25, 0.3) is 0 Å². The summed E-state index contributed by atoms with van der Waals surface area (Å²) < 4.78 is 0. The summed E-state index contributed by atoms with van der Waals surface area (Å²) in [6, 6.07) is 28.8. The number of rotatable bonds is 4. The Bertz CT molecular complexity index is 1360. The highest BCUT2D eigenvalue weighted by molar-refractivity contribution is 5.87. The van der Waals surface area contributed by atoms with E-state index in [0.717, 1.165) is 0 Å². The number of hydrogen-bond acceptors (Lipinski definition) is 6. The van der Waals surface area contributed by atoms with Crippen molar-refractivity contribution in [2.75, 3.05) is 5.73 Å². The van der Waals surface area contributed by atoms with Crippen LogP contribution in [0.4, 0.5) is 5.82 Å². The fraction of sp³-hybridized carbons (Fsp3) is 0. The molecule has 3 rings (SSSR count). The Kier molecular flexibility index (Phi) is 8.66. The van der Waals surface area contributed by atoms with Gasteiger partial charge in [-0.3, -0.25) is 0 Å². The summed E-state index contributed by atoms with van der Waals surface area (Å²) in [5.41, 5.74) is 6.79. The van der Waals surface area contributed by atoms with Gasteiger partial charge < -0.3 is 10.7 Å². The summed E-state index contributed by atoms with van der Waals surface area (Å²) in [5, 5.41) is 44.1. The summed E-state index contributed by atoms with van der Waals surface area (Å²) in [6.07, 6.45) is 6.28. The second kappa shape index (κ2) is 12.1. The highest BCUT2D eigenvalue weighted by atomic mass is 14.9. The number of aromatic amines is 1.